The van der Waals surface area contributed by atoms with Crippen LogP contribution < -0.4 is 4.90 Å². The van der Waals surface area contributed by atoms with E-state index in [1.165, 1.54) is 9.80 Å². The third kappa shape index (κ3) is 2.96. The molecule has 8 heteroatoms. The van der Waals surface area contributed by atoms with Crippen molar-refractivity contribution in [3.63, 3.8) is 0 Å². The predicted octanol–water partition coefficient (Wildman–Crippen LogP) is 1.72. The average Bonchev–Trinajstić information content (AvgIpc) is 3.12. The minimum Gasteiger partial charge on any atom is -0.479 e. The normalized spacial score (nSPS) is 26.9. The Morgan fingerprint density at radius 1 is 1.29 bits per heavy atom. The van der Waals surface area contributed by atoms with Crippen molar-refractivity contribution in [2.24, 2.45) is 5.92 Å². The summed E-state index contributed by atoms with van der Waals surface area (Å²) in [5.74, 6) is -2.72. The van der Waals surface area contributed by atoms with Gasteiger partial charge >= 0.3 is 5.97 Å². The van der Waals surface area contributed by atoms with Crippen LogP contribution in [0.5, 0.6) is 0 Å². The fourth-order valence-corrected chi connectivity index (χ4v) is 3.26. The lowest BCUT2D eigenvalue weighted by atomic mass is 10.1. The molecular formula is C16H16ClFN2O4. The number of aliphatic carboxylic acids is 1. The number of anilines is 1. The number of hydrogen-bond acceptors (Lipinski definition) is 3. The Hall–Kier alpha value is -2.15. The monoisotopic (exact) mass is 354 g/mol. The first-order chi connectivity index (χ1) is 11.3. The number of carbonyl (C=O) groups excluding carboxylic acids is 2. The summed E-state index contributed by atoms with van der Waals surface area (Å²) in [6, 6.07) is 6.70. The molecule has 2 unspecified atom stereocenters. The predicted molar refractivity (Wildman–Crippen MR) is 84.6 cm³/mol. The Kier molecular flexibility index (Phi) is 4.21. The minimum absolute atomic E-state index is 0.0321. The third-order valence-electron chi connectivity index (χ3n) is 4.53. The van der Waals surface area contributed by atoms with Gasteiger partial charge in [0.15, 0.2) is 0 Å². The van der Waals surface area contributed by atoms with Gasteiger partial charge in [0.25, 0.3) is 0 Å². The molecule has 2 fully saturated rings. The van der Waals surface area contributed by atoms with Crippen LogP contribution >= 0.6 is 11.6 Å². The molecule has 0 spiro atoms. The fourth-order valence-electron chi connectivity index (χ4n) is 3.14. The first-order valence-electron chi connectivity index (χ1n) is 7.57. The summed E-state index contributed by atoms with van der Waals surface area (Å²) in [6.07, 6.45) is -0.194. The Morgan fingerprint density at radius 2 is 1.96 bits per heavy atom. The SMILES string of the molecule is O=C(C1CC(=O)N(c2ccc(Cl)cc2)C1)N1CCC(F)(C(=O)O)C1. The number of rotatable bonds is 3. The van der Waals surface area contributed by atoms with Crippen LogP contribution in [0.1, 0.15) is 12.8 Å². The van der Waals surface area contributed by atoms with E-state index in [9.17, 15) is 18.8 Å². The molecule has 0 aliphatic carbocycles. The highest BCUT2D eigenvalue weighted by molar-refractivity contribution is 6.30. The molecule has 1 aromatic rings. The van der Waals surface area contributed by atoms with Gasteiger partial charge in [0.05, 0.1) is 12.5 Å². The van der Waals surface area contributed by atoms with Crippen molar-refractivity contribution in [2.75, 3.05) is 24.5 Å². The number of alkyl halides is 1. The third-order valence-corrected chi connectivity index (χ3v) is 4.78. The maximum atomic E-state index is 14.1. The van der Waals surface area contributed by atoms with Crippen LogP contribution in [-0.4, -0.2) is 53.1 Å². The van der Waals surface area contributed by atoms with Gasteiger partial charge in [-0.05, 0) is 24.3 Å². The molecular weight excluding hydrogens is 339 g/mol. The molecule has 2 saturated heterocycles. The highest BCUT2D eigenvalue weighted by atomic mass is 35.5. The Balaban J connectivity index is 1.69. The molecule has 1 N–H and O–H groups in total. The zero-order chi connectivity index (χ0) is 17.5. The van der Waals surface area contributed by atoms with Crippen LogP contribution in [0.2, 0.25) is 5.02 Å². The molecule has 0 saturated carbocycles. The van der Waals surface area contributed by atoms with Crippen molar-refractivity contribution < 1.29 is 23.9 Å². The van der Waals surface area contributed by atoms with Gasteiger partial charge in [0.2, 0.25) is 17.5 Å². The van der Waals surface area contributed by atoms with Crippen molar-refractivity contribution >= 4 is 35.1 Å². The van der Waals surface area contributed by atoms with Gasteiger partial charge in [-0.15, -0.1) is 0 Å². The maximum Gasteiger partial charge on any atom is 0.343 e. The molecule has 2 heterocycles. The summed E-state index contributed by atoms with van der Waals surface area (Å²) in [4.78, 5) is 38.3. The van der Waals surface area contributed by atoms with Crippen LogP contribution in [-0.2, 0) is 14.4 Å². The summed E-state index contributed by atoms with van der Waals surface area (Å²) < 4.78 is 14.1. The van der Waals surface area contributed by atoms with E-state index in [0.29, 0.717) is 10.7 Å². The van der Waals surface area contributed by atoms with E-state index in [1.54, 1.807) is 24.3 Å². The molecule has 3 rings (SSSR count). The van der Waals surface area contributed by atoms with Crippen LogP contribution in [0.4, 0.5) is 10.1 Å². The first-order valence-corrected chi connectivity index (χ1v) is 7.95. The number of likely N-dealkylation sites (tertiary alicyclic amines) is 1. The lowest BCUT2D eigenvalue weighted by Gasteiger charge is -2.21. The quantitative estimate of drug-likeness (QED) is 0.896. The molecule has 2 atom stereocenters. The molecule has 0 bridgehead atoms. The summed E-state index contributed by atoms with van der Waals surface area (Å²) in [7, 11) is 0. The molecule has 0 radical (unpaired) electrons. The second kappa shape index (κ2) is 6.05. The van der Waals surface area contributed by atoms with Gasteiger partial charge in [-0.3, -0.25) is 9.59 Å². The largest absolute Gasteiger partial charge is 0.479 e. The number of hydrogen-bond donors (Lipinski definition) is 1. The van der Waals surface area contributed by atoms with Crippen LogP contribution in [0.25, 0.3) is 0 Å². The second-order valence-corrected chi connectivity index (χ2v) is 6.60. The Morgan fingerprint density at radius 3 is 2.54 bits per heavy atom. The fraction of sp³-hybridized carbons (Fsp3) is 0.438. The van der Waals surface area contributed by atoms with E-state index in [2.05, 4.69) is 0 Å². The van der Waals surface area contributed by atoms with Crippen molar-refractivity contribution in [1.82, 2.24) is 4.90 Å². The number of carboxylic acids is 1. The standard InChI is InChI=1S/C16H16ClFN2O4/c17-11-1-3-12(4-2-11)20-8-10(7-13(20)21)14(22)19-6-5-16(18,9-19)15(23)24/h1-4,10H,5-9H2,(H,23,24). The lowest BCUT2D eigenvalue weighted by molar-refractivity contribution is -0.150. The van der Waals surface area contributed by atoms with Gasteiger partial charge in [0, 0.05) is 36.6 Å². The molecule has 0 aromatic heterocycles. The van der Waals surface area contributed by atoms with Gasteiger partial charge in [0.1, 0.15) is 0 Å². The van der Waals surface area contributed by atoms with E-state index in [4.69, 9.17) is 16.7 Å². The molecule has 6 nitrogen and oxygen atoms in total. The molecule has 2 amide bonds. The topological polar surface area (TPSA) is 77.9 Å². The zero-order valence-corrected chi connectivity index (χ0v) is 13.5. The summed E-state index contributed by atoms with van der Waals surface area (Å²) in [5.41, 5.74) is -1.75. The lowest BCUT2D eigenvalue weighted by Crippen LogP contribution is -2.41. The number of benzene rings is 1. The van der Waals surface area contributed by atoms with E-state index < -0.39 is 24.1 Å². The van der Waals surface area contributed by atoms with E-state index in [1.807, 2.05) is 0 Å². The van der Waals surface area contributed by atoms with Crippen LogP contribution in [0, 0.1) is 5.92 Å². The van der Waals surface area contributed by atoms with Crippen molar-refractivity contribution in [3.8, 4) is 0 Å². The van der Waals surface area contributed by atoms with E-state index in [0.717, 1.165) is 0 Å². The minimum atomic E-state index is -2.39. The second-order valence-electron chi connectivity index (χ2n) is 6.16. The molecule has 2 aliphatic heterocycles. The van der Waals surface area contributed by atoms with E-state index >= 15 is 0 Å². The number of carbonyl (C=O) groups is 3. The van der Waals surface area contributed by atoms with Crippen molar-refractivity contribution in [1.29, 1.82) is 0 Å². The maximum absolute atomic E-state index is 14.1. The summed E-state index contributed by atoms with van der Waals surface area (Å²) in [5, 5.41) is 9.45. The number of nitrogens with zero attached hydrogens (tertiary/aromatic N) is 2. The number of carboxylic acid groups (broad SMARTS) is 1. The van der Waals surface area contributed by atoms with Crippen molar-refractivity contribution in [3.05, 3.63) is 29.3 Å². The van der Waals surface area contributed by atoms with Crippen LogP contribution in [0.3, 0.4) is 0 Å². The highest BCUT2D eigenvalue weighted by Gasteiger charge is 2.48. The Labute approximate surface area is 142 Å². The number of halogens is 2. The average molecular weight is 355 g/mol. The van der Waals surface area contributed by atoms with E-state index in [-0.39, 0.29) is 37.7 Å². The van der Waals surface area contributed by atoms with Gasteiger partial charge in [-0.25, -0.2) is 9.18 Å². The first kappa shape index (κ1) is 16.7. The Bertz CT molecular complexity index is 696. The summed E-state index contributed by atoms with van der Waals surface area (Å²) >= 11 is 5.82. The van der Waals surface area contributed by atoms with Gasteiger partial charge in [-0.2, -0.15) is 0 Å². The summed E-state index contributed by atoms with van der Waals surface area (Å²) in [6.45, 7) is -0.220. The zero-order valence-electron chi connectivity index (χ0n) is 12.7. The van der Waals surface area contributed by atoms with Gasteiger partial charge in [-0.1, -0.05) is 11.6 Å². The molecule has 1 aromatic carbocycles. The molecule has 2 aliphatic rings. The molecule has 128 valence electrons. The smallest absolute Gasteiger partial charge is 0.343 e. The van der Waals surface area contributed by atoms with Crippen LogP contribution in [0.15, 0.2) is 24.3 Å². The molecule has 24 heavy (non-hydrogen) atoms. The van der Waals surface area contributed by atoms with Gasteiger partial charge < -0.3 is 14.9 Å². The highest BCUT2D eigenvalue weighted by Crippen LogP contribution is 2.31. The van der Waals surface area contributed by atoms with Crippen molar-refractivity contribution in [2.45, 2.75) is 18.5 Å². The number of amides is 2.